The standard InChI is InChI=1S/C12H21N3S/c1-9-15-10(7-16-9)6-14-8-12(2)5-3-4-11(12)13/h7,11,14H,3-6,8,13H2,1-2H3. The summed E-state index contributed by atoms with van der Waals surface area (Å²) in [5.74, 6) is 0. The summed E-state index contributed by atoms with van der Waals surface area (Å²) in [4.78, 5) is 4.44. The highest BCUT2D eigenvalue weighted by atomic mass is 32.1. The number of nitrogens with one attached hydrogen (secondary N) is 1. The molecule has 0 aromatic carbocycles. The molecule has 0 amide bonds. The summed E-state index contributed by atoms with van der Waals surface area (Å²) < 4.78 is 0. The Hall–Kier alpha value is -0.450. The van der Waals surface area contributed by atoms with E-state index in [1.54, 1.807) is 11.3 Å². The Labute approximate surface area is 101 Å². The highest BCUT2D eigenvalue weighted by Crippen LogP contribution is 2.35. The van der Waals surface area contributed by atoms with Crippen molar-refractivity contribution in [1.82, 2.24) is 10.3 Å². The summed E-state index contributed by atoms with van der Waals surface area (Å²) in [5, 5.41) is 6.76. The fraction of sp³-hybridized carbons (Fsp3) is 0.750. The van der Waals surface area contributed by atoms with Crippen molar-refractivity contribution in [3.63, 3.8) is 0 Å². The van der Waals surface area contributed by atoms with Gasteiger partial charge < -0.3 is 11.1 Å². The molecule has 0 aliphatic heterocycles. The van der Waals surface area contributed by atoms with Gasteiger partial charge in [0.05, 0.1) is 10.7 Å². The molecule has 0 bridgehead atoms. The van der Waals surface area contributed by atoms with Crippen LogP contribution in [-0.2, 0) is 6.54 Å². The highest BCUT2D eigenvalue weighted by molar-refractivity contribution is 7.09. The van der Waals surface area contributed by atoms with Gasteiger partial charge in [-0.25, -0.2) is 4.98 Å². The Kier molecular flexibility index (Phi) is 3.62. The first-order chi connectivity index (χ1) is 7.60. The first-order valence-corrected chi connectivity index (χ1v) is 6.85. The molecule has 1 aromatic heterocycles. The summed E-state index contributed by atoms with van der Waals surface area (Å²) in [7, 11) is 0. The first kappa shape index (κ1) is 12.0. The molecule has 0 radical (unpaired) electrons. The third kappa shape index (κ3) is 2.62. The second-order valence-corrected chi connectivity index (χ2v) is 6.18. The van der Waals surface area contributed by atoms with Gasteiger partial charge in [-0.2, -0.15) is 0 Å². The molecule has 1 aliphatic carbocycles. The molecule has 2 atom stereocenters. The van der Waals surface area contributed by atoms with Crippen LogP contribution < -0.4 is 11.1 Å². The van der Waals surface area contributed by atoms with Gasteiger partial charge in [-0.1, -0.05) is 13.3 Å². The molecule has 1 fully saturated rings. The third-order valence-electron chi connectivity index (χ3n) is 3.66. The zero-order chi connectivity index (χ0) is 11.6. The lowest BCUT2D eigenvalue weighted by Crippen LogP contribution is -2.42. The van der Waals surface area contributed by atoms with Crippen LogP contribution in [0.15, 0.2) is 5.38 Å². The van der Waals surface area contributed by atoms with Crippen LogP contribution in [-0.4, -0.2) is 17.6 Å². The summed E-state index contributed by atoms with van der Waals surface area (Å²) in [6.07, 6.45) is 3.69. The molecule has 3 nitrogen and oxygen atoms in total. The molecular formula is C12H21N3S. The second kappa shape index (κ2) is 4.82. The number of hydrogen-bond acceptors (Lipinski definition) is 4. The van der Waals surface area contributed by atoms with Gasteiger partial charge in [0.15, 0.2) is 0 Å². The van der Waals surface area contributed by atoms with Crippen molar-refractivity contribution >= 4 is 11.3 Å². The van der Waals surface area contributed by atoms with E-state index in [4.69, 9.17) is 5.73 Å². The fourth-order valence-corrected chi connectivity index (χ4v) is 3.06. The smallest absolute Gasteiger partial charge is 0.0897 e. The monoisotopic (exact) mass is 239 g/mol. The van der Waals surface area contributed by atoms with Gasteiger partial charge in [0, 0.05) is 24.5 Å². The number of aromatic nitrogens is 1. The van der Waals surface area contributed by atoms with Crippen LogP contribution >= 0.6 is 11.3 Å². The average Bonchev–Trinajstić information content (AvgIpc) is 2.76. The topological polar surface area (TPSA) is 50.9 Å². The van der Waals surface area contributed by atoms with E-state index < -0.39 is 0 Å². The lowest BCUT2D eigenvalue weighted by atomic mass is 9.85. The number of hydrogen-bond donors (Lipinski definition) is 2. The normalized spacial score (nSPS) is 29.8. The van der Waals surface area contributed by atoms with Crippen molar-refractivity contribution < 1.29 is 0 Å². The molecule has 0 spiro atoms. The number of rotatable bonds is 4. The lowest BCUT2D eigenvalue weighted by molar-refractivity contribution is 0.277. The van der Waals surface area contributed by atoms with Gasteiger partial charge in [0.2, 0.25) is 0 Å². The molecular weight excluding hydrogens is 218 g/mol. The zero-order valence-corrected chi connectivity index (χ0v) is 10.9. The minimum Gasteiger partial charge on any atom is -0.327 e. The van der Waals surface area contributed by atoms with Crippen molar-refractivity contribution in [2.45, 2.75) is 45.7 Å². The van der Waals surface area contributed by atoms with Crippen LogP contribution in [0.25, 0.3) is 0 Å². The van der Waals surface area contributed by atoms with E-state index in [-0.39, 0.29) is 5.41 Å². The minimum absolute atomic E-state index is 0.283. The molecule has 16 heavy (non-hydrogen) atoms. The van der Waals surface area contributed by atoms with Crippen LogP contribution in [0.3, 0.4) is 0 Å². The Balaban J connectivity index is 1.79. The summed E-state index contributed by atoms with van der Waals surface area (Å²) >= 11 is 1.71. The Morgan fingerprint density at radius 2 is 2.50 bits per heavy atom. The van der Waals surface area contributed by atoms with Crippen LogP contribution in [0, 0.1) is 12.3 Å². The molecule has 1 heterocycles. The van der Waals surface area contributed by atoms with E-state index in [0.717, 1.165) is 23.8 Å². The van der Waals surface area contributed by atoms with E-state index in [9.17, 15) is 0 Å². The van der Waals surface area contributed by atoms with Gasteiger partial charge in [-0.15, -0.1) is 11.3 Å². The number of thiazole rings is 1. The predicted molar refractivity (Wildman–Crippen MR) is 68.5 cm³/mol. The molecule has 1 saturated carbocycles. The second-order valence-electron chi connectivity index (χ2n) is 5.11. The van der Waals surface area contributed by atoms with Gasteiger partial charge in [-0.05, 0) is 25.2 Å². The number of nitrogens with zero attached hydrogens (tertiary/aromatic N) is 1. The maximum atomic E-state index is 6.14. The summed E-state index contributed by atoms with van der Waals surface area (Å²) in [6.45, 7) is 6.21. The van der Waals surface area contributed by atoms with E-state index in [1.807, 2.05) is 6.92 Å². The molecule has 1 aliphatic rings. The maximum absolute atomic E-state index is 6.14. The number of aryl methyl sites for hydroxylation is 1. The maximum Gasteiger partial charge on any atom is 0.0897 e. The van der Waals surface area contributed by atoms with Crippen LogP contribution in [0.1, 0.15) is 36.9 Å². The Morgan fingerprint density at radius 3 is 3.06 bits per heavy atom. The SMILES string of the molecule is Cc1nc(CNCC2(C)CCCC2N)cs1. The fourth-order valence-electron chi connectivity index (χ4n) is 2.44. The van der Waals surface area contributed by atoms with Gasteiger partial charge in [-0.3, -0.25) is 0 Å². The van der Waals surface area contributed by atoms with Crippen LogP contribution in [0.4, 0.5) is 0 Å². The molecule has 3 N–H and O–H groups in total. The molecule has 0 saturated heterocycles. The Morgan fingerprint density at radius 1 is 1.69 bits per heavy atom. The predicted octanol–water partition coefficient (Wildman–Crippen LogP) is 2.06. The summed E-state index contributed by atoms with van der Waals surface area (Å²) in [6, 6.07) is 0.358. The van der Waals surface area contributed by atoms with E-state index >= 15 is 0 Å². The third-order valence-corrected chi connectivity index (χ3v) is 4.48. The van der Waals surface area contributed by atoms with Crippen molar-refractivity contribution in [3.8, 4) is 0 Å². The lowest BCUT2D eigenvalue weighted by Gasteiger charge is -2.29. The van der Waals surface area contributed by atoms with E-state index in [1.165, 1.54) is 19.3 Å². The quantitative estimate of drug-likeness (QED) is 0.845. The van der Waals surface area contributed by atoms with Gasteiger partial charge in [0.1, 0.15) is 0 Å². The molecule has 4 heteroatoms. The first-order valence-electron chi connectivity index (χ1n) is 5.97. The molecule has 1 aromatic rings. The van der Waals surface area contributed by atoms with E-state index in [2.05, 4.69) is 22.6 Å². The number of nitrogens with two attached hydrogens (primary N) is 1. The largest absolute Gasteiger partial charge is 0.327 e. The summed E-state index contributed by atoms with van der Waals surface area (Å²) in [5.41, 5.74) is 7.58. The van der Waals surface area contributed by atoms with E-state index in [0.29, 0.717) is 6.04 Å². The minimum atomic E-state index is 0.283. The van der Waals surface area contributed by atoms with Gasteiger partial charge >= 0.3 is 0 Å². The molecule has 90 valence electrons. The Bertz CT molecular complexity index is 350. The van der Waals surface area contributed by atoms with Crippen LogP contribution in [0.5, 0.6) is 0 Å². The average molecular weight is 239 g/mol. The van der Waals surface area contributed by atoms with Gasteiger partial charge in [0.25, 0.3) is 0 Å². The van der Waals surface area contributed by atoms with Crippen LogP contribution in [0.2, 0.25) is 0 Å². The highest BCUT2D eigenvalue weighted by Gasteiger charge is 2.35. The van der Waals surface area contributed by atoms with Crippen molar-refractivity contribution in [2.24, 2.45) is 11.1 Å². The molecule has 2 rings (SSSR count). The van der Waals surface area contributed by atoms with Crippen molar-refractivity contribution in [3.05, 3.63) is 16.1 Å². The van der Waals surface area contributed by atoms with Crippen molar-refractivity contribution in [1.29, 1.82) is 0 Å². The zero-order valence-electron chi connectivity index (χ0n) is 10.1. The molecule has 2 unspecified atom stereocenters. The van der Waals surface area contributed by atoms with Crippen molar-refractivity contribution in [2.75, 3.05) is 6.54 Å².